The molecular weight excluding hydrogens is 485 g/mol. The fourth-order valence-electron chi connectivity index (χ4n) is 3.85. The fraction of sp³-hybridized carbons (Fsp3) is 0.417. The van der Waals surface area contributed by atoms with Crippen molar-refractivity contribution in [3.63, 3.8) is 0 Å². The van der Waals surface area contributed by atoms with Crippen LogP contribution < -0.4 is 11.2 Å². The van der Waals surface area contributed by atoms with Gasteiger partial charge in [0.25, 0.3) is 5.56 Å². The summed E-state index contributed by atoms with van der Waals surface area (Å²) in [6.45, 7) is 9.04. The number of aryl methyl sites for hydroxylation is 2. The highest BCUT2D eigenvalue weighted by atomic mass is 32.2. The smallest absolute Gasteiger partial charge is 0.293 e. The van der Waals surface area contributed by atoms with E-state index in [9.17, 15) is 22.8 Å². The van der Waals surface area contributed by atoms with Gasteiger partial charge < -0.3 is 0 Å². The third-order valence-corrected chi connectivity index (χ3v) is 6.51. The van der Waals surface area contributed by atoms with Crippen LogP contribution in [0.25, 0.3) is 22.0 Å². The molecule has 3 rings (SSSR count). The average molecular weight is 515 g/mol. The van der Waals surface area contributed by atoms with Crippen molar-refractivity contribution in [1.82, 2.24) is 9.13 Å². The van der Waals surface area contributed by atoms with Gasteiger partial charge in [0.15, 0.2) is 0 Å². The first kappa shape index (κ1) is 28.3. The number of hydrogen-bond donors (Lipinski definition) is 1. The molecular formula is C24H29F3N2O5S. The third-order valence-electron chi connectivity index (χ3n) is 5.93. The third kappa shape index (κ3) is 6.21. The highest BCUT2D eigenvalue weighted by Gasteiger charge is 2.44. The van der Waals surface area contributed by atoms with Crippen LogP contribution in [0.15, 0.2) is 46.0 Å². The van der Waals surface area contributed by atoms with Crippen LogP contribution in [0.4, 0.5) is 13.2 Å². The number of rotatable bonds is 5. The van der Waals surface area contributed by atoms with Crippen molar-refractivity contribution in [2.75, 3.05) is 0 Å². The molecule has 1 heterocycles. The summed E-state index contributed by atoms with van der Waals surface area (Å²) in [5.41, 5.74) is -1.03. The summed E-state index contributed by atoms with van der Waals surface area (Å²) in [5.74, 6) is 0.410. The van der Waals surface area contributed by atoms with Gasteiger partial charge in [-0.25, -0.2) is 4.79 Å². The lowest BCUT2D eigenvalue weighted by atomic mass is 9.95. The van der Waals surface area contributed by atoms with E-state index in [2.05, 4.69) is 45.9 Å². The van der Waals surface area contributed by atoms with Crippen LogP contribution in [0.3, 0.4) is 0 Å². The molecule has 0 saturated carbocycles. The first-order chi connectivity index (χ1) is 16.1. The SMILES string of the molecule is CCC(CC)Cn1c(=O)n(C)c(=O)c2c(-c3ccc(C)cc3C)cccc21.O=S(=O)(O)C(F)(F)F. The molecule has 0 atom stereocenters. The summed E-state index contributed by atoms with van der Waals surface area (Å²) in [7, 11) is -4.26. The molecule has 0 aliphatic rings. The van der Waals surface area contributed by atoms with Gasteiger partial charge in [-0.1, -0.05) is 62.6 Å². The van der Waals surface area contributed by atoms with E-state index in [1.165, 1.54) is 10.1 Å². The molecule has 35 heavy (non-hydrogen) atoms. The molecule has 0 radical (unpaired) electrons. The van der Waals surface area contributed by atoms with Crippen molar-refractivity contribution in [3.05, 3.63) is 68.4 Å². The molecule has 0 spiro atoms. The molecule has 0 aliphatic carbocycles. The molecule has 0 amide bonds. The number of alkyl halides is 3. The molecule has 1 aromatic heterocycles. The van der Waals surface area contributed by atoms with E-state index in [0.717, 1.165) is 35.0 Å². The van der Waals surface area contributed by atoms with Gasteiger partial charge in [0.05, 0.1) is 10.9 Å². The second-order valence-electron chi connectivity index (χ2n) is 8.38. The van der Waals surface area contributed by atoms with Gasteiger partial charge in [0, 0.05) is 13.6 Å². The largest absolute Gasteiger partial charge is 0.522 e. The molecule has 2 aromatic carbocycles. The van der Waals surface area contributed by atoms with Gasteiger partial charge in [-0.15, -0.1) is 0 Å². The molecule has 11 heteroatoms. The lowest BCUT2D eigenvalue weighted by Gasteiger charge is -2.19. The highest BCUT2D eigenvalue weighted by molar-refractivity contribution is 7.86. The Morgan fingerprint density at radius 2 is 1.57 bits per heavy atom. The van der Waals surface area contributed by atoms with E-state index in [4.69, 9.17) is 13.0 Å². The summed E-state index contributed by atoms with van der Waals surface area (Å²) in [4.78, 5) is 25.9. The molecule has 0 unspecified atom stereocenters. The van der Waals surface area contributed by atoms with Crippen LogP contribution in [0.5, 0.6) is 0 Å². The molecule has 0 bridgehead atoms. The van der Waals surface area contributed by atoms with Crippen LogP contribution >= 0.6 is 0 Å². The van der Waals surface area contributed by atoms with Crippen molar-refractivity contribution in [2.24, 2.45) is 13.0 Å². The Morgan fingerprint density at radius 1 is 1.00 bits per heavy atom. The molecule has 7 nitrogen and oxygen atoms in total. The van der Waals surface area contributed by atoms with Gasteiger partial charge in [0.2, 0.25) is 0 Å². The lowest BCUT2D eigenvalue weighted by molar-refractivity contribution is -0.0510. The van der Waals surface area contributed by atoms with Crippen molar-refractivity contribution in [1.29, 1.82) is 0 Å². The summed E-state index contributed by atoms with van der Waals surface area (Å²) in [6.07, 6.45) is 2.01. The highest BCUT2D eigenvalue weighted by Crippen LogP contribution is 2.29. The van der Waals surface area contributed by atoms with Crippen molar-refractivity contribution in [3.8, 4) is 11.1 Å². The number of nitrogens with zero attached hydrogens (tertiary/aromatic N) is 2. The topological polar surface area (TPSA) is 98.4 Å². The zero-order valence-electron chi connectivity index (χ0n) is 20.2. The number of benzene rings is 2. The van der Waals surface area contributed by atoms with E-state index in [1.54, 1.807) is 11.6 Å². The summed E-state index contributed by atoms with van der Waals surface area (Å²) >= 11 is 0. The van der Waals surface area contributed by atoms with Crippen LogP contribution in [0.1, 0.15) is 37.8 Å². The number of halogens is 3. The first-order valence-electron chi connectivity index (χ1n) is 11.0. The fourth-order valence-corrected chi connectivity index (χ4v) is 3.85. The Bertz CT molecular complexity index is 1440. The number of hydrogen-bond acceptors (Lipinski definition) is 4. The summed E-state index contributed by atoms with van der Waals surface area (Å²) in [6, 6.07) is 12.1. The van der Waals surface area contributed by atoms with Crippen molar-refractivity contribution < 1.29 is 26.1 Å². The zero-order valence-corrected chi connectivity index (χ0v) is 21.0. The minimum Gasteiger partial charge on any atom is -0.293 e. The average Bonchev–Trinajstić information content (AvgIpc) is 2.76. The minimum atomic E-state index is -5.84. The second kappa shape index (κ2) is 10.8. The quantitative estimate of drug-likeness (QED) is 0.389. The molecule has 1 N–H and O–H groups in total. The second-order valence-corrected chi connectivity index (χ2v) is 9.79. The van der Waals surface area contributed by atoms with Crippen LogP contribution in [-0.4, -0.2) is 27.6 Å². The number of aromatic nitrogens is 2. The van der Waals surface area contributed by atoms with E-state index < -0.39 is 15.6 Å². The summed E-state index contributed by atoms with van der Waals surface area (Å²) in [5, 5.41) is 0.623. The normalized spacial score (nSPS) is 12.1. The Kier molecular flexibility index (Phi) is 8.72. The van der Waals surface area contributed by atoms with E-state index in [-0.39, 0.29) is 11.2 Å². The van der Waals surface area contributed by atoms with Gasteiger partial charge >= 0.3 is 21.3 Å². The van der Waals surface area contributed by atoms with Crippen molar-refractivity contribution in [2.45, 2.75) is 52.6 Å². The molecule has 0 fully saturated rings. The Morgan fingerprint density at radius 3 is 2.06 bits per heavy atom. The maximum atomic E-state index is 13.0. The zero-order chi connectivity index (χ0) is 26.7. The maximum Gasteiger partial charge on any atom is 0.522 e. The maximum absolute atomic E-state index is 13.0. The standard InChI is InChI=1S/C23H28N2O2.CHF3O3S/c1-6-17(7-2)14-25-20-10-8-9-19(18-12-11-15(3)13-16(18)4)21(20)22(26)24(5)23(25)27;2-1(3,4)8(5,6)7/h8-13,17H,6-7,14H2,1-5H3;(H,5,6,7). The summed E-state index contributed by atoms with van der Waals surface area (Å²) < 4.78 is 60.6. The van der Waals surface area contributed by atoms with Crippen LogP contribution in [0.2, 0.25) is 0 Å². The lowest BCUT2D eigenvalue weighted by Crippen LogP contribution is -2.39. The van der Waals surface area contributed by atoms with E-state index in [0.29, 0.717) is 17.8 Å². The number of fused-ring (bicyclic) bond motifs is 1. The van der Waals surface area contributed by atoms with E-state index >= 15 is 0 Å². The monoisotopic (exact) mass is 514 g/mol. The predicted octanol–water partition coefficient (Wildman–Crippen LogP) is 4.81. The Hall–Kier alpha value is -2.92. The van der Waals surface area contributed by atoms with Gasteiger partial charge in [-0.05, 0) is 42.5 Å². The minimum absolute atomic E-state index is 0.230. The van der Waals surface area contributed by atoms with Crippen LogP contribution in [-0.2, 0) is 23.7 Å². The predicted molar refractivity (Wildman–Crippen MR) is 130 cm³/mol. The van der Waals surface area contributed by atoms with Gasteiger partial charge in [0.1, 0.15) is 0 Å². The van der Waals surface area contributed by atoms with E-state index in [1.807, 2.05) is 18.2 Å². The molecule has 192 valence electrons. The van der Waals surface area contributed by atoms with Gasteiger partial charge in [-0.2, -0.15) is 21.6 Å². The molecule has 0 aliphatic heterocycles. The Labute approximate surface area is 201 Å². The Balaban J connectivity index is 0.000000466. The molecule has 0 saturated heterocycles. The molecule has 3 aromatic rings. The van der Waals surface area contributed by atoms with Crippen molar-refractivity contribution >= 4 is 21.0 Å². The van der Waals surface area contributed by atoms with Gasteiger partial charge in [-0.3, -0.25) is 18.5 Å². The first-order valence-corrected chi connectivity index (χ1v) is 12.4. The van der Waals surface area contributed by atoms with Crippen LogP contribution in [0, 0.1) is 19.8 Å².